The maximum Gasteiger partial charge on any atom is 0.338 e. The number of fused-ring (bicyclic) bond motifs is 1. The molecule has 28 heavy (non-hydrogen) atoms. The highest BCUT2D eigenvalue weighted by Crippen LogP contribution is 2.21. The fraction of sp³-hybridized carbons (Fsp3) is 0.100. The second-order valence-corrected chi connectivity index (χ2v) is 5.96. The van der Waals surface area contributed by atoms with Gasteiger partial charge < -0.3 is 10.1 Å². The van der Waals surface area contributed by atoms with Crippen LogP contribution in [0.1, 0.15) is 6.92 Å². The number of nitrogens with one attached hydrogen (secondary N) is 3. The first kappa shape index (κ1) is 19.1. The molecule has 3 N–H and O–H groups in total. The Bertz CT molecular complexity index is 1030. The number of hydrogen-bond donors (Lipinski definition) is 3. The van der Waals surface area contributed by atoms with Crippen LogP contribution in [0.2, 0.25) is 0 Å². The van der Waals surface area contributed by atoms with Gasteiger partial charge in [0.1, 0.15) is 17.4 Å². The number of anilines is 1. The van der Waals surface area contributed by atoms with E-state index in [2.05, 4.69) is 16.2 Å². The normalized spacial score (nSPS) is 11.5. The summed E-state index contributed by atoms with van der Waals surface area (Å²) in [4.78, 5) is 23.8. The average Bonchev–Trinajstić information content (AvgIpc) is 2.68. The van der Waals surface area contributed by atoms with Crippen LogP contribution >= 0.6 is 0 Å². The van der Waals surface area contributed by atoms with Crippen LogP contribution in [0, 0.1) is 11.6 Å². The second-order valence-electron chi connectivity index (χ2n) is 5.96. The van der Waals surface area contributed by atoms with Crippen LogP contribution in [0.5, 0.6) is 5.75 Å². The molecule has 0 saturated heterocycles. The first-order valence-electron chi connectivity index (χ1n) is 8.40. The minimum atomic E-state index is -0.936. The van der Waals surface area contributed by atoms with Crippen LogP contribution in [-0.4, -0.2) is 18.0 Å². The number of rotatable bonds is 4. The van der Waals surface area contributed by atoms with Gasteiger partial charge in [-0.3, -0.25) is 10.2 Å². The molecule has 0 aromatic heterocycles. The van der Waals surface area contributed by atoms with Crippen molar-refractivity contribution in [2.75, 3.05) is 5.32 Å². The molecule has 3 rings (SSSR count). The van der Waals surface area contributed by atoms with Gasteiger partial charge in [0.25, 0.3) is 5.91 Å². The maximum absolute atomic E-state index is 13.5. The lowest BCUT2D eigenvalue weighted by Crippen LogP contribution is -2.48. The topological polar surface area (TPSA) is 79.5 Å². The smallest absolute Gasteiger partial charge is 0.338 e. The number of hydrogen-bond acceptors (Lipinski definition) is 3. The summed E-state index contributed by atoms with van der Waals surface area (Å²) in [5.74, 6) is -1.81. The zero-order chi connectivity index (χ0) is 20.1. The minimum absolute atomic E-state index is 0.228. The molecule has 144 valence electrons. The highest BCUT2D eigenvalue weighted by atomic mass is 19.1. The Labute approximate surface area is 159 Å². The molecule has 3 amide bonds. The number of halogens is 2. The summed E-state index contributed by atoms with van der Waals surface area (Å²) >= 11 is 0. The SMILES string of the molecule is CC(Oc1ccc2ccccc2c1)C(=O)NNC(=O)Nc1ccc(F)cc1F. The number of benzene rings is 3. The van der Waals surface area contributed by atoms with E-state index in [0.29, 0.717) is 11.8 Å². The van der Waals surface area contributed by atoms with Crippen molar-refractivity contribution in [1.29, 1.82) is 0 Å². The van der Waals surface area contributed by atoms with Gasteiger partial charge in [0, 0.05) is 6.07 Å². The van der Waals surface area contributed by atoms with Gasteiger partial charge in [-0.25, -0.2) is 19.0 Å². The van der Waals surface area contributed by atoms with E-state index in [1.165, 1.54) is 6.92 Å². The summed E-state index contributed by atoms with van der Waals surface area (Å²) in [6.07, 6.45) is -0.899. The van der Waals surface area contributed by atoms with Gasteiger partial charge in [-0.2, -0.15) is 0 Å². The monoisotopic (exact) mass is 385 g/mol. The van der Waals surface area contributed by atoms with Crippen LogP contribution in [-0.2, 0) is 4.79 Å². The Kier molecular flexibility index (Phi) is 5.69. The minimum Gasteiger partial charge on any atom is -0.481 e. The molecule has 0 spiro atoms. The van der Waals surface area contributed by atoms with Gasteiger partial charge in [-0.15, -0.1) is 0 Å². The van der Waals surface area contributed by atoms with Gasteiger partial charge in [-0.1, -0.05) is 30.3 Å². The van der Waals surface area contributed by atoms with Gasteiger partial charge in [0.15, 0.2) is 6.10 Å². The third-order valence-corrected chi connectivity index (χ3v) is 3.88. The summed E-state index contributed by atoms with van der Waals surface area (Å²) in [6, 6.07) is 14.9. The number of carbonyl (C=O) groups excluding carboxylic acids is 2. The zero-order valence-corrected chi connectivity index (χ0v) is 14.8. The first-order valence-corrected chi connectivity index (χ1v) is 8.40. The molecule has 0 bridgehead atoms. The lowest BCUT2D eigenvalue weighted by Gasteiger charge is -2.16. The Balaban J connectivity index is 1.52. The first-order chi connectivity index (χ1) is 13.4. The summed E-state index contributed by atoms with van der Waals surface area (Å²) in [7, 11) is 0. The third kappa shape index (κ3) is 4.73. The molecule has 0 aliphatic heterocycles. The fourth-order valence-corrected chi connectivity index (χ4v) is 2.46. The van der Waals surface area contributed by atoms with E-state index in [1.807, 2.05) is 30.3 Å². The Hall–Kier alpha value is -3.68. The summed E-state index contributed by atoms with van der Waals surface area (Å²) in [5.41, 5.74) is 4.02. The lowest BCUT2D eigenvalue weighted by molar-refractivity contribution is -0.127. The Morgan fingerprint density at radius 3 is 2.43 bits per heavy atom. The van der Waals surface area contributed by atoms with E-state index in [1.54, 1.807) is 12.1 Å². The van der Waals surface area contributed by atoms with Crippen molar-refractivity contribution in [3.8, 4) is 5.75 Å². The number of hydrazine groups is 1. The molecule has 6 nitrogen and oxygen atoms in total. The van der Waals surface area contributed by atoms with E-state index in [0.717, 1.165) is 22.9 Å². The van der Waals surface area contributed by atoms with Gasteiger partial charge >= 0.3 is 6.03 Å². The molecular weight excluding hydrogens is 368 g/mol. The standard InChI is InChI=1S/C20H17F2N3O3/c1-12(28-16-8-6-13-4-2-3-5-14(13)10-16)19(26)24-25-20(27)23-18-9-7-15(21)11-17(18)22/h2-12H,1H3,(H,24,26)(H2,23,25,27). The molecular formula is C20H17F2N3O3. The quantitative estimate of drug-likeness (QED) is 0.599. The van der Waals surface area contributed by atoms with Crippen molar-refractivity contribution in [2.24, 2.45) is 0 Å². The highest BCUT2D eigenvalue weighted by molar-refractivity contribution is 5.91. The van der Waals surface area contributed by atoms with Gasteiger partial charge in [0.2, 0.25) is 0 Å². The summed E-state index contributed by atoms with van der Waals surface area (Å²) in [6.45, 7) is 1.52. The molecule has 0 aliphatic rings. The highest BCUT2D eigenvalue weighted by Gasteiger charge is 2.16. The molecule has 0 saturated carbocycles. The number of ether oxygens (including phenoxy) is 1. The predicted molar refractivity (Wildman–Crippen MR) is 101 cm³/mol. The fourth-order valence-electron chi connectivity index (χ4n) is 2.46. The number of amides is 3. The Morgan fingerprint density at radius 2 is 1.68 bits per heavy atom. The molecule has 0 radical (unpaired) electrons. The number of urea groups is 1. The van der Waals surface area contributed by atoms with Crippen LogP contribution < -0.4 is 20.9 Å². The van der Waals surface area contributed by atoms with Crippen molar-refractivity contribution in [3.63, 3.8) is 0 Å². The summed E-state index contributed by atoms with van der Waals surface area (Å²) in [5, 5.41) is 4.16. The molecule has 0 aliphatic carbocycles. The third-order valence-electron chi connectivity index (χ3n) is 3.88. The predicted octanol–water partition coefficient (Wildman–Crippen LogP) is 3.74. The molecule has 1 atom stereocenters. The molecule has 1 unspecified atom stereocenters. The zero-order valence-electron chi connectivity index (χ0n) is 14.8. The van der Waals surface area contributed by atoms with Crippen LogP contribution in [0.4, 0.5) is 19.3 Å². The van der Waals surface area contributed by atoms with E-state index >= 15 is 0 Å². The molecule has 0 fully saturated rings. The van der Waals surface area contributed by atoms with E-state index in [9.17, 15) is 18.4 Å². The van der Waals surface area contributed by atoms with Crippen LogP contribution in [0.15, 0.2) is 60.7 Å². The lowest BCUT2D eigenvalue weighted by atomic mass is 10.1. The van der Waals surface area contributed by atoms with Crippen molar-refractivity contribution >= 4 is 28.4 Å². The summed E-state index contributed by atoms with van der Waals surface area (Å²) < 4.78 is 31.9. The van der Waals surface area contributed by atoms with Crippen molar-refractivity contribution in [1.82, 2.24) is 10.9 Å². The molecule has 3 aromatic rings. The van der Waals surface area contributed by atoms with Crippen LogP contribution in [0.25, 0.3) is 10.8 Å². The van der Waals surface area contributed by atoms with E-state index < -0.39 is 29.7 Å². The Morgan fingerprint density at radius 1 is 0.929 bits per heavy atom. The number of carbonyl (C=O) groups is 2. The maximum atomic E-state index is 13.5. The molecule has 3 aromatic carbocycles. The molecule has 8 heteroatoms. The van der Waals surface area contributed by atoms with E-state index in [4.69, 9.17) is 4.74 Å². The van der Waals surface area contributed by atoms with Crippen molar-refractivity contribution in [3.05, 3.63) is 72.3 Å². The van der Waals surface area contributed by atoms with E-state index in [-0.39, 0.29) is 5.69 Å². The van der Waals surface area contributed by atoms with Crippen molar-refractivity contribution < 1.29 is 23.1 Å². The van der Waals surface area contributed by atoms with Gasteiger partial charge in [-0.05, 0) is 42.0 Å². The largest absolute Gasteiger partial charge is 0.481 e. The average molecular weight is 385 g/mol. The van der Waals surface area contributed by atoms with Crippen molar-refractivity contribution in [2.45, 2.75) is 13.0 Å². The van der Waals surface area contributed by atoms with Crippen LogP contribution in [0.3, 0.4) is 0 Å². The van der Waals surface area contributed by atoms with Gasteiger partial charge in [0.05, 0.1) is 5.69 Å². The second kappa shape index (κ2) is 8.34. The molecule has 0 heterocycles.